The minimum absolute atomic E-state index is 0.0843. The number of fused-ring (bicyclic) bond motifs is 3. The van der Waals surface area contributed by atoms with Crippen LogP contribution >= 0.6 is 0 Å². The molecule has 3 saturated heterocycles. The normalized spacial score (nSPS) is 23.8. The van der Waals surface area contributed by atoms with Gasteiger partial charge in [0.2, 0.25) is 0 Å². The highest BCUT2D eigenvalue weighted by atomic mass is 19.1. The maximum absolute atomic E-state index is 16.7. The molecule has 2 N–H and O–H groups in total. The Bertz CT molecular complexity index is 1830. The Hall–Kier alpha value is -4.18. The molecule has 12 heteroatoms. The minimum Gasteiger partial charge on any atom is -0.508 e. The minimum atomic E-state index is -0.949. The van der Waals surface area contributed by atoms with Crippen LogP contribution in [0, 0.1) is 29.9 Å². The second-order valence-electron chi connectivity index (χ2n) is 12.1. The molecule has 4 aromatic rings. The quantitative estimate of drug-likeness (QED) is 0.307. The molecule has 2 aromatic carbocycles. The number of phenols is 1. The van der Waals surface area contributed by atoms with Gasteiger partial charge in [-0.25, -0.2) is 13.2 Å². The number of pyridine rings is 1. The lowest BCUT2D eigenvalue weighted by atomic mass is 9.95. The third kappa shape index (κ3) is 5.18. The van der Waals surface area contributed by atoms with E-state index < -0.39 is 23.3 Å². The number of halogens is 3. The van der Waals surface area contributed by atoms with Crippen LogP contribution in [0.4, 0.5) is 19.0 Å². The van der Waals surface area contributed by atoms with E-state index in [-0.39, 0.29) is 58.6 Å². The largest absolute Gasteiger partial charge is 0.508 e. The van der Waals surface area contributed by atoms with Gasteiger partial charge in [0.1, 0.15) is 41.4 Å². The number of ether oxygens (including phenoxy) is 2. The van der Waals surface area contributed by atoms with Crippen molar-refractivity contribution in [3.8, 4) is 35.4 Å². The van der Waals surface area contributed by atoms with Gasteiger partial charge in [-0.1, -0.05) is 12.0 Å². The fourth-order valence-corrected chi connectivity index (χ4v) is 7.10. The first kappa shape index (κ1) is 29.5. The smallest absolute Gasteiger partial charge is 0.319 e. The lowest BCUT2D eigenvalue weighted by Gasteiger charge is -2.31. The van der Waals surface area contributed by atoms with Crippen LogP contribution in [0.25, 0.3) is 32.9 Å². The Morgan fingerprint density at radius 1 is 1.18 bits per heavy atom. The number of hydrogen-bond donors (Lipinski definition) is 2. The first-order valence-corrected chi connectivity index (χ1v) is 15.0. The van der Waals surface area contributed by atoms with Crippen molar-refractivity contribution >= 4 is 27.5 Å². The third-order valence-corrected chi connectivity index (χ3v) is 9.22. The Morgan fingerprint density at radius 2 is 2.04 bits per heavy atom. The molecule has 1 unspecified atom stereocenters. The highest BCUT2D eigenvalue weighted by molar-refractivity contribution is 6.03. The van der Waals surface area contributed by atoms with Crippen LogP contribution in [-0.2, 0) is 4.74 Å². The summed E-state index contributed by atoms with van der Waals surface area (Å²) in [5.41, 5.74) is -0.752. The molecule has 3 atom stereocenters. The number of alkyl halides is 1. The molecule has 7 rings (SSSR count). The molecule has 0 amide bonds. The van der Waals surface area contributed by atoms with E-state index in [4.69, 9.17) is 20.9 Å². The summed E-state index contributed by atoms with van der Waals surface area (Å²) in [6.07, 6.45) is 8.18. The zero-order chi connectivity index (χ0) is 31.3. The van der Waals surface area contributed by atoms with E-state index in [0.29, 0.717) is 55.9 Å². The van der Waals surface area contributed by atoms with Gasteiger partial charge >= 0.3 is 6.01 Å². The SMILES string of the molecule is C#Cc1c(F)ccc2cc(O)cc(-c3ncc4c(N5CCOCC(CO)C5)nc(OC[C@@]56CCCN5C[C@H](F)C6)nc4c3F)c12. The third-order valence-electron chi connectivity index (χ3n) is 9.22. The number of rotatable bonds is 6. The van der Waals surface area contributed by atoms with Crippen molar-refractivity contribution in [1.82, 2.24) is 19.9 Å². The average molecular weight is 620 g/mol. The number of aromatic hydroxyl groups is 1. The van der Waals surface area contributed by atoms with Gasteiger partial charge in [-0.05, 0) is 43.0 Å². The molecule has 3 aliphatic rings. The van der Waals surface area contributed by atoms with Crippen molar-refractivity contribution in [2.24, 2.45) is 5.92 Å². The molecule has 2 aromatic heterocycles. The predicted octanol–water partition coefficient (Wildman–Crippen LogP) is 4.21. The van der Waals surface area contributed by atoms with E-state index in [1.54, 1.807) is 0 Å². The zero-order valence-electron chi connectivity index (χ0n) is 24.5. The van der Waals surface area contributed by atoms with Crippen LogP contribution < -0.4 is 9.64 Å². The van der Waals surface area contributed by atoms with Crippen molar-refractivity contribution in [3.05, 3.63) is 47.7 Å². The van der Waals surface area contributed by atoms with Crippen molar-refractivity contribution in [2.75, 3.05) is 57.5 Å². The molecular formula is C33H32F3N5O4. The number of aliphatic hydroxyl groups is 1. The standard InChI is InChI=1S/C33H32F3N5O4/c1-2-23-26(35)5-4-20-10-22(43)11-24(27(20)23)29-28(36)30-25(13-37-29)31(40-8-9-44-17-19(14-40)16-42)39-32(38-30)45-18-33-6-3-7-41(33)15-21(34)12-33/h1,4-5,10-11,13,19,21,42-43H,3,6-9,12,14-18H2/t19?,21-,33+/m1/s1. The summed E-state index contributed by atoms with van der Waals surface area (Å²) in [6.45, 7) is 2.68. The van der Waals surface area contributed by atoms with Crippen LogP contribution in [-0.4, -0.2) is 94.4 Å². The second-order valence-corrected chi connectivity index (χ2v) is 12.1. The van der Waals surface area contributed by atoms with E-state index in [0.717, 1.165) is 19.4 Å². The fourth-order valence-electron chi connectivity index (χ4n) is 7.10. The number of aliphatic hydroxyl groups excluding tert-OH is 1. The molecule has 45 heavy (non-hydrogen) atoms. The van der Waals surface area contributed by atoms with Gasteiger partial charge in [0.05, 0.1) is 29.7 Å². The molecule has 3 fully saturated rings. The molecule has 0 aliphatic carbocycles. The number of terminal acetylenes is 1. The summed E-state index contributed by atoms with van der Waals surface area (Å²) in [6, 6.07) is 5.27. The monoisotopic (exact) mass is 619 g/mol. The molecule has 0 spiro atoms. The number of aromatic nitrogens is 3. The lowest BCUT2D eigenvalue weighted by molar-refractivity contribution is 0.0959. The van der Waals surface area contributed by atoms with E-state index in [9.17, 15) is 19.0 Å². The number of benzene rings is 2. The average Bonchev–Trinajstić information content (AvgIpc) is 3.44. The van der Waals surface area contributed by atoms with Crippen molar-refractivity contribution in [2.45, 2.75) is 31.0 Å². The fraction of sp³-hybridized carbons (Fsp3) is 0.424. The zero-order valence-corrected chi connectivity index (χ0v) is 24.5. The maximum atomic E-state index is 16.7. The highest BCUT2D eigenvalue weighted by Crippen LogP contribution is 2.41. The molecule has 5 heterocycles. The van der Waals surface area contributed by atoms with Gasteiger partial charge in [-0.2, -0.15) is 9.97 Å². The molecular weight excluding hydrogens is 587 g/mol. The van der Waals surface area contributed by atoms with Crippen molar-refractivity contribution < 1.29 is 32.9 Å². The van der Waals surface area contributed by atoms with Crippen LogP contribution in [0.3, 0.4) is 0 Å². The first-order chi connectivity index (χ1) is 21.8. The van der Waals surface area contributed by atoms with Crippen LogP contribution in [0.15, 0.2) is 30.5 Å². The van der Waals surface area contributed by atoms with E-state index in [1.165, 1.54) is 30.5 Å². The highest BCUT2D eigenvalue weighted by Gasteiger charge is 2.49. The summed E-state index contributed by atoms with van der Waals surface area (Å²) in [5.74, 6) is 0.807. The number of phenolic OH excluding ortho intramolecular Hbond substituents is 1. The number of anilines is 1. The van der Waals surface area contributed by atoms with E-state index in [1.807, 2.05) is 4.90 Å². The number of hydrogen-bond acceptors (Lipinski definition) is 9. The molecule has 0 bridgehead atoms. The molecule has 0 saturated carbocycles. The Morgan fingerprint density at radius 3 is 2.87 bits per heavy atom. The van der Waals surface area contributed by atoms with Gasteiger partial charge in [0, 0.05) is 55.7 Å². The summed E-state index contributed by atoms with van der Waals surface area (Å²) in [7, 11) is 0. The van der Waals surface area contributed by atoms with Crippen LogP contribution in [0.1, 0.15) is 24.8 Å². The van der Waals surface area contributed by atoms with Gasteiger partial charge in [0.25, 0.3) is 0 Å². The number of nitrogens with zero attached hydrogens (tertiary/aromatic N) is 5. The van der Waals surface area contributed by atoms with Crippen LogP contribution in [0.2, 0.25) is 0 Å². The van der Waals surface area contributed by atoms with E-state index in [2.05, 4.69) is 20.8 Å². The van der Waals surface area contributed by atoms with Gasteiger partial charge < -0.3 is 24.6 Å². The Labute approximate surface area is 257 Å². The van der Waals surface area contributed by atoms with Gasteiger partial charge in [0.15, 0.2) is 5.82 Å². The van der Waals surface area contributed by atoms with Crippen LogP contribution in [0.5, 0.6) is 11.8 Å². The summed E-state index contributed by atoms with van der Waals surface area (Å²) in [4.78, 5) is 17.6. The maximum Gasteiger partial charge on any atom is 0.319 e. The molecule has 9 nitrogen and oxygen atoms in total. The van der Waals surface area contributed by atoms with Gasteiger partial charge in [-0.15, -0.1) is 6.42 Å². The van der Waals surface area contributed by atoms with Gasteiger partial charge in [-0.3, -0.25) is 9.88 Å². The van der Waals surface area contributed by atoms with Crippen molar-refractivity contribution in [3.63, 3.8) is 0 Å². The second kappa shape index (κ2) is 11.6. The summed E-state index contributed by atoms with van der Waals surface area (Å²) < 4.78 is 57.8. The van der Waals surface area contributed by atoms with E-state index >= 15 is 4.39 Å². The molecule has 0 radical (unpaired) electrons. The topological polar surface area (TPSA) is 104 Å². The molecule has 3 aliphatic heterocycles. The molecule has 234 valence electrons. The lowest BCUT2D eigenvalue weighted by Crippen LogP contribution is -2.43. The predicted molar refractivity (Wildman–Crippen MR) is 162 cm³/mol. The summed E-state index contributed by atoms with van der Waals surface area (Å²) >= 11 is 0. The Balaban J connectivity index is 1.38. The first-order valence-electron chi connectivity index (χ1n) is 15.0. The summed E-state index contributed by atoms with van der Waals surface area (Å²) in [5, 5.41) is 21.3. The van der Waals surface area contributed by atoms with Crippen molar-refractivity contribution in [1.29, 1.82) is 0 Å². The Kier molecular flexibility index (Phi) is 7.63.